The molecule has 6 heteroatoms. The van der Waals surface area contributed by atoms with E-state index in [0.717, 1.165) is 17.3 Å². The number of thioether (sulfide) groups is 1. The maximum atomic E-state index is 12.9. The molecule has 2 atom stereocenters. The Morgan fingerprint density at radius 1 is 1.09 bits per heavy atom. The Morgan fingerprint density at radius 3 is 2.39 bits per heavy atom. The minimum atomic E-state index is -0.537. The van der Waals surface area contributed by atoms with Gasteiger partial charge in [0.25, 0.3) is 5.24 Å². The number of carbonyl (C=O) groups is 2. The molecule has 1 aliphatic heterocycles. The summed E-state index contributed by atoms with van der Waals surface area (Å²) in [4.78, 5) is 23.5. The SMILES string of the molecule is O=C1NC(=O)C(C(COc2ccc(F)cc2)c2ccccc2)S1. The first-order chi connectivity index (χ1) is 11.1. The molecular weight excluding hydrogens is 317 g/mol. The molecule has 0 aliphatic carbocycles. The summed E-state index contributed by atoms with van der Waals surface area (Å²) in [6, 6.07) is 15.1. The number of halogens is 1. The van der Waals surface area contributed by atoms with E-state index in [1.165, 1.54) is 24.3 Å². The van der Waals surface area contributed by atoms with Crippen molar-refractivity contribution in [3.05, 3.63) is 66.0 Å². The topological polar surface area (TPSA) is 55.4 Å². The van der Waals surface area contributed by atoms with Gasteiger partial charge in [-0.3, -0.25) is 14.9 Å². The smallest absolute Gasteiger partial charge is 0.286 e. The lowest BCUT2D eigenvalue weighted by molar-refractivity contribution is -0.119. The molecule has 1 aliphatic rings. The van der Waals surface area contributed by atoms with Crippen molar-refractivity contribution in [2.24, 2.45) is 0 Å². The fourth-order valence-electron chi connectivity index (χ4n) is 2.41. The van der Waals surface area contributed by atoms with Gasteiger partial charge in [0.15, 0.2) is 0 Å². The standard InChI is InChI=1S/C17H14FNO3S/c18-12-6-8-13(9-7-12)22-10-14(11-4-2-1-3-5-11)15-16(20)19-17(21)23-15/h1-9,14-15H,10H2,(H,19,20,21). The van der Waals surface area contributed by atoms with E-state index < -0.39 is 5.25 Å². The van der Waals surface area contributed by atoms with Gasteiger partial charge in [0.2, 0.25) is 5.91 Å². The van der Waals surface area contributed by atoms with Gasteiger partial charge in [0.1, 0.15) is 16.8 Å². The molecule has 2 aromatic rings. The summed E-state index contributed by atoms with van der Waals surface area (Å²) in [5.74, 6) is -0.412. The molecule has 23 heavy (non-hydrogen) atoms. The Morgan fingerprint density at radius 2 is 1.78 bits per heavy atom. The maximum Gasteiger partial charge on any atom is 0.286 e. The highest BCUT2D eigenvalue weighted by Gasteiger charge is 2.39. The van der Waals surface area contributed by atoms with Gasteiger partial charge in [-0.25, -0.2) is 4.39 Å². The second-order valence-corrected chi connectivity index (χ2v) is 6.21. The van der Waals surface area contributed by atoms with Gasteiger partial charge < -0.3 is 4.74 Å². The van der Waals surface area contributed by atoms with Crippen molar-refractivity contribution < 1.29 is 18.7 Å². The number of rotatable bonds is 5. The second-order valence-electron chi connectivity index (χ2n) is 5.10. The molecule has 3 rings (SSSR count). The number of benzene rings is 2. The zero-order valence-electron chi connectivity index (χ0n) is 12.1. The van der Waals surface area contributed by atoms with Crippen molar-refractivity contribution in [2.45, 2.75) is 11.2 Å². The number of carbonyl (C=O) groups excluding carboxylic acids is 2. The molecule has 0 spiro atoms. The van der Waals surface area contributed by atoms with E-state index in [1.807, 2.05) is 30.3 Å². The van der Waals surface area contributed by atoms with Gasteiger partial charge in [0.05, 0.1) is 6.61 Å². The quantitative estimate of drug-likeness (QED) is 0.913. The third-order valence-electron chi connectivity index (χ3n) is 3.55. The van der Waals surface area contributed by atoms with Crippen molar-refractivity contribution in [1.29, 1.82) is 0 Å². The van der Waals surface area contributed by atoms with Crippen LogP contribution in [0.2, 0.25) is 0 Å². The van der Waals surface area contributed by atoms with Gasteiger partial charge in [0, 0.05) is 5.92 Å². The van der Waals surface area contributed by atoms with Crippen molar-refractivity contribution in [3.8, 4) is 5.75 Å². The highest BCUT2D eigenvalue weighted by atomic mass is 32.2. The summed E-state index contributed by atoms with van der Waals surface area (Å²) in [5.41, 5.74) is 0.914. The molecule has 2 amide bonds. The molecule has 0 saturated carbocycles. The van der Waals surface area contributed by atoms with Crippen molar-refractivity contribution in [2.75, 3.05) is 6.61 Å². The first-order valence-electron chi connectivity index (χ1n) is 7.08. The van der Waals surface area contributed by atoms with E-state index in [1.54, 1.807) is 0 Å². The van der Waals surface area contributed by atoms with E-state index in [0.29, 0.717) is 5.75 Å². The largest absolute Gasteiger partial charge is 0.493 e. The van der Waals surface area contributed by atoms with Crippen molar-refractivity contribution in [3.63, 3.8) is 0 Å². The van der Waals surface area contributed by atoms with E-state index in [4.69, 9.17) is 4.74 Å². The number of ether oxygens (including phenoxy) is 1. The van der Waals surface area contributed by atoms with E-state index in [2.05, 4.69) is 5.32 Å². The fraction of sp³-hybridized carbons (Fsp3) is 0.176. The second kappa shape index (κ2) is 6.83. The van der Waals surface area contributed by atoms with Crippen LogP contribution >= 0.6 is 11.8 Å². The monoisotopic (exact) mass is 331 g/mol. The number of hydrogen-bond acceptors (Lipinski definition) is 4. The molecule has 118 valence electrons. The predicted octanol–water partition coefficient (Wildman–Crippen LogP) is 3.34. The normalized spacial score (nSPS) is 18.6. The zero-order valence-corrected chi connectivity index (χ0v) is 12.9. The first-order valence-corrected chi connectivity index (χ1v) is 7.96. The van der Waals surface area contributed by atoms with Crippen LogP contribution in [-0.4, -0.2) is 23.0 Å². The zero-order chi connectivity index (χ0) is 16.2. The minimum Gasteiger partial charge on any atom is -0.493 e. The molecule has 4 nitrogen and oxygen atoms in total. The molecule has 1 saturated heterocycles. The Labute approximate surface area is 137 Å². The van der Waals surface area contributed by atoms with Crippen molar-refractivity contribution >= 4 is 22.9 Å². The van der Waals surface area contributed by atoms with Gasteiger partial charge >= 0.3 is 0 Å². The fourth-order valence-corrected chi connectivity index (χ4v) is 3.37. The molecule has 1 heterocycles. The Balaban J connectivity index is 1.79. The summed E-state index contributed by atoms with van der Waals surface area (Å²) in [5, 5.41) is 1.42. The Bertz CT molecular complexity index is 706. The van der Waals surface area contributed by atoms with Crippen LogP contribution in [0.15, 0.2) is 54.6 Å². The number of nitrogens with one attached hydrogen (secondary N) is 1. The molecule has 0 aromatic heterocycles. The average molecular weight is 331 g/mol. The van der Waals surface area contributed by atoms with Crippen LogP contribution in [0.4, 0.5) is 9.18 Å². The van der Waals surface area contributed by atoms with Gasteiger partial charge in [-0.15, -0.1) is 0 Å². The van der Waals surface area contributed by atoms with Crippen LogP contribution in [0.25, 0.3) is 0 Å². The lowest BCUT2D eigenvalue weighted by Gasteiger charge is -2.21. The Kier molecular flexibility index (Phi) is 4.62. The minimum absolute atomic E-state index is 0.216. The lowest BCUT2D eigenvalue weighted by atomic mass is 9.95. The average Bonchev–Trinajstić information content (AvgIpc) is 2.89. The summed E-state index contributed by atoms with van der Waals surface area (Å²) < 4.78 is 18.6. The van der Waals surface area contributed by atoms with E-state index in [9.17, 15) is 14.0 Å². The molecule has 0 bridgehead atoms. The summed E-state index contributed by atoms with van der Waals surface area (Å²) in [7, 11) is 0. The first kappa shape index (κ1) is 15.6. The molecule has 2 aromatic carbocycles. The Hall–Kier alpha value is -2.34. The number of amides is 2. The third kappa shape index (κ3) is 3.71. The highest BCUT2D eigenvalue weighted by molar-refractivity contribution is 8.15. The molecule has 2 unspecified atom stereocenters. The summed E-state index contributed by atoms with van der Waals surface area (Å²) in [6.07, 6.45) is 0. The van der Waals surface area contributed by atoms with E-state index in [-0.39, 0.29) is 29.5 Å². The molecule has 0 radical (unpaired) electrons. The predicted molar refractivity (Wildman–Crippen MR) is 86.0 cm³/mol. The third-order valence-corrected chi connectivity index (χ3v) is 4.67. The van der Waals surface area contributed by atoms with Crippen LogP contribution in [0.5, 0.6) is 5.75 Å². The van der Waals surface area contributed by atoms with E-state index >= 15 is 0 Å². The van der Waals surface area contributed by atoms with Gasteiger partial charge in [-0.05, 0) is 29.8 Å². The maximum absolute atomic E-state index is 12.9. The highest BCUT2D eigenvalue weighted by Crippen LogP contribution is 2.33. The van der Waals surface area contributed by atoms with Crippen LogP contribution in [-0.2, 0) is 4.79 Å². The molecular formula is C17H14FNO3S. The number of imide groups is 1. The molecule has 1 fully saturated rings. The number of hydrogen-bond donors (Lipinski definition) is 1. The summed E-state index contributed by atoms with van der Waals surface area (Å²) >= 11 is 0.975. The van der Waals surface area contributed by atoms with Crippen molar-refractivity contribution in [1.82, 2.24) is 5.32 Å². The summed E-state index contributed by atoms with van der Waals surface area (Å²) in [6.45, 7) is 0.216. The van der Waals surface area contributed by atoms with Gasteiger partial charge in [-0.2, -0.15) is 0 Å². The van der Waals surface area contributed by atoms with Crippen LogP contribution in [0.3, 0.4) is 0 Å². The lowest BCUT2D eigenvalue weighted by Crippen LogP contribution is -2.31. The van der Waals surface area contributed by atoms with Gasteiger partial charge in [-0.1, -0.05) is 42.1 Å². The van der Waals surface area contributed by atoms with Crippen LogP contribution in [0, 0.1) is 5.82 Å². The van der Waals surface area contributed by atoms with Crippen LogP contribution in [0.1, 0.15) is 11.5 Å². The van der Waals surface area contributed by atoms with Crippen LogP contribution < -0.4 is 10.1 Å². The molecule has 1 N–H and O–H groups in total.